The maximum Gasteiger partial charge on any atom is 0.116 e. The molecule has 0 amide bonds. The van der Waals surface area contributed by atoms with E-state index in [9.17, 15) is 0 Å². The van der Waals surface area contributed by atoms with Gasteiger partial charge in [0.15, 0.2) is 0 Å². The lowest BCUT2D eigenvalue weighted by Crippen LogP contribution is -2.31. The molecular weight excluding hydrogens is 1090 g/mol. The summed E-state index contributed by atoms with van der Waals surface area (Å²) in [5.41, 5.74) is 5.11. The Balaban J connectivity index is 0.000000330. The number of rotatable bonds is 13. The minimum Gasteiger partial charge on any atom is -0.328 e. The van der Waals surface area contributed by atoms with E-state index in [0.29, 0.717) is 18.1 Å². The first-order valence-electron chi connectivity index (χ1n) is 22.7. The van der Waals surface area contributed by atoms with E-state index < -0.39 is 37.5 Å². The van der Waals surface area contributed by atoms with Crippen molar-refractivity contribution in [3.8, 4) is 0 Å². The molecule has 0 aliphatic carbocycles. The lowest BCUT2D eigenvalue weighted by molar-refractivity contribution is 0.585. The summed E-state index contributed by atoms with van der Waals surface area (Å²) in [7, 11) is -2.76. The van der Waals surface area contributed by atoms with Crippen molar-refractivity contribution in [1.29, 1.82) is 0 Å². The van der Waals surface area contributed by atoms with Crippen molar-refractivity contribution < 1.29 is 0 Å². The van der Waals surface area contributed by atoms with Crippen molar-refractivity contribution in [3.63, 3.8) is 0 Å². The average Bonchev–Trinajstić information content (AvgIpc) is 3.39. The first kappa shape index (κ1) is 64.6. The second-order valence-electron chi connectivity index (χ2n) is 16.0. The van der Waals surface area contributed by atoms with E-state index in [-0.39, 0.29) is 24.8 Å². The van der Waals surface area contributed by atoms with Crippen LogP contribution in [0.1, 0.15) is 41.5 Å². The van der Waals surface area contributed by atoms with Gasteiger partial charge in [-0.2, -0.15) is 0 Å². The molecule has 0 saturated heterocycles. The summed E-state index contributed by atoms with van der Waals surface area (Å²) in [4.78, 5) is 0. The van der Waals surface area contributed by atoms with Crippen LogP contribution in [0.4, 0.5) is 0 Å². The van der Waals surface area contributed by atoms with E-state index in [0.717, 1.165) is 5.30 Å². The molecule has 0 saturated carbocycles. The van der Waals surface area contributed by atoms with Gasteiger partial charge in [0.05, 0.1) is 14.7 Å². The molecule has 376 valence electrons. The SMILES string of the molecule is CC(C)N.CC(C)N(P(Cl)c1ccccc1)P(c1ccccc1)c1ccccc1.CC(C)NP(c1ccccc1)c1ccccc1.Cl.Cl.ClP(Cl)c1ccccc1.ClP(c1ccccc1)c1ccccc1. The first-order valence-corrected chi connectivity index (χ1v) is 33.0. The second-order valence-corrected chi connectivity index (χ2v) is 29.0. The summed E-state index contributed by atoms with van der Waals surface area (Å²) in [5, 5.41) is 13.7. The van der Waals surface area contributed by atoms with Crippen molar-refractivity contribution in [3.05, 3.63) is 243 Å². The van der Waals surface area contributed by atoms with E-state index in [1.54, 1.807) is 0 Å². The van der Waals surface area contributed by atoms with Gasteiger partial charge in [0.25, 0.3) is 0 Å². The van der Waals surface area contributed by atoms with Crippen LogP contribution in [0.5, 0.6) is 0 Å². The number of halogens is 6. The molecule has 3 N–H and O–H groups in total. The quantitative estimate of drug-likeness (QED) is 0.113. The van der Waals surface area contributed by atoms with Crippen LogP contribution in [-0.4, -0.2) is 22.6 Å². The van der Waals surface area contributed by atoms with Crippen LogP contribution in [0.3, 0.4) is 0 Å². The number of hydrogen-bond acceptors (Lipinski definition) is 3. The molecule has 1 unspecified atom stereocenters. The van der Waals surface area contributed by atoms with Crippen LogP contribution in [0.15, 0.2) is 243 Å². The lowest BCUT2D eigenvalue weighted by atomic mass is 10.4. The summed E-state index contributed by atoms with van der Waals surface area (Å²) in [6.45, 7) is 11.8. The molecule has 0 spiro atoms. The molecule has 8 rings (SSSR count). The van der Waals surface area contributed by atoms with Crippen LogP contribution in [0.25, 0.3) is 0 Å². The highest BCUT2D eigenvalue weighted by Gasteiger charge is 2.31. The Morgan fingerprint density at radius 1 is 0.366 bits per heavy atom. The standard InChI is InChI=1S/C21H22ClNP2.C15H18NP.C12H10ClP.C6H5Cl2P.C3H9N.2ClH/c1-18(2)23(25(22)21-16-10-5-11-17-21)24(19-12-6-3-7-13-19)20-14-8-4-9-15-20;1-13(2)16-17(14-9-5-3-6-10-14)15-11-7-4-8-12-15;13-14(11-7-3-1-4-8-11)12-9-5-2-6-10-12;7-9(8)6-4-2-1-3-5-6;1-3(2)4;;/h3-18H,1-2H3;3-13,16H,1-2H3;1-10H;1-5H;3H,4H2,1-2H3;2*1H. The molecule has 1 atom stereocenters. The largest absolute Gasteiger partial charge is 0.328 e. The maximum atomic E-state index is 7.07. The Bertz CT molecular complexity index is 2380. The minimum atomic E-state index is -0.951. The zero-order valence-corrected chi connectivity index (χ0v) is 50.0. The highest BCUT2D eigenvalue weighted by molar-refractivity contribution is 8.08. The average molecular weight is 1160 g/mol. The highest BCUT2D eigenvalue weighted by Crippen LogP contribution is 2.59. The topological polar surface area (TPSA) is 41.3 Å². The van der Waals surface area contributed by atoms with Gasteiger partial charge >= 0.3 is 0 Å². The molecule has 0 aromatic heterocycles. The molecule has 71 heavy (non-hydrogen) atoms. The third-order valence-electron chi connectivity index (χ3n) is 9.15. The van der Waals surface area contributed by atoms with Gasteiger partial charge in [0.1, 0.15) is 6.63 Å². The summed E-state index contributed by atoms with van der Waals surface area (Å²) in [6, 6.07) is 84.5. The number of benzene rings is 8. The zero-order chi connectivity index (χ0) is 49.8. The summed E-state index contributed by atoms with van der Waals surface area (Å²) in [6.07, 6.45) is 0. The molecule has 8 aromatic carbocycles. The molecule has 14 heteroatoms. The van der Waals surface area contributed by atoms with Crippen molar-refractivity contribution in [1.82, 2.24) is 9.53 Å². The van der Waals surface area contributed by atoms with Crippen LogP contribution >= 0.6 is 107 Å². The summed E-state index contributed by atoms with van der Waals surface area (Å²) in [5.74, 6) is 0. The van der Waals surface area contributed by atoms with Gasteiger partial charge in [-0.15, -0.1) is 24.8 Å². The van der Waals surface area contributed by atoms with E-state index >= 15 is 0 Å². The van der Waals surface area contributed by atoms with Crippen LogP contribution < -0.4 is 53.3 Å². The molecule has 0 aliphatic heterocycles. The maximum absolute atomic E-state index is 7.07. The van der Waals surface area contributed by atoms with Crippen LogP contribution in [0, 0.1) is 0 Å². The number of nitrogens with one attached hydrogen (secondary N) is 1. The second kappa shape index (κ2) is 37.3. The van der Waals surface area contributed by atoms with Crippen molar-refractivity contribution in [2.75, 3.05) is 0 Å². The third-order valence-corrected chi connectivity index (χ3v) is 22.5. The van der Waals surface area contributed by atoms with Gasteiger partial charge in [0.2, 0.25) is 0 Å². The van der Waals surface area contributed by atoms with Gasteiger partial charge in [-0.1, -0.05) is 301 Å². The lowest BCUT2D eigenvalue weighted by Gasteiger charge is -2.38. The summed E-state index contributed by atoms with van der Waals surface area (Å²) < 4.78 is 2.51. The Morgan fingerprint density at radius 2 is 0.606 bits per heavy atom. The van der Waals surface area contributed by atoms with E-state index in [2.05, 4.69) is 207 Å². The Hall–Kier alpha value is -2.47. The van der Waals surface area contributed by atoms with Gasteiger partial charge in [-0.05, 0) is 65.6 Å². The molecule has 0 aliphatic rings. The fraction of sp³-hybridized carbons (Fsp3) is 0.158. The monoisotopic (exact) mass is 1160 g/mol. The smallest absolute Gasteiger partial charge is 0.116 e. The molecule has 0 heterocycles. The van der Waals surface area contributed by atoms with Crippen molar-refractivity contribution >= 4 is 150 Å². The van der Waals surface area contributed by atoms with E-state index in [1.165, 1.54) is 37.1 Å². The van der Waals surface area contributed by atoms with Crippen LogP contribution in [-0.2, 0) is 0 Å². The predicted molar refractivity (Wildman–Crippen MR) is 336 cm³/mol. The van der Waals surface area contributed by atoms with E-state index in [4.69, 9.17) is 50.7 Å². The van der Waals surface area contributed by atoms with Gasteiger partial charge < -0.3 is 5.73 Å². The molecule has 0 radical (unpaired) electrons. The minimum absolute atomic E-state index is 0. The molecule has 0 bridgehead atoms. The van der Waals surface area contributed by atoms with Crippen molar-refractivity contribution in [2.45, 2.75) is 59.7 Å². The van der Waals surface area contributed by atoms with Crippen LogP contribution in [0.2, 0.25) is 0 Å². The van der Waals surface area contributed by atoms with Gasteiger partial charge in [-0.25, -0.2) is 4.44 Å². The van der Waals surface area contributed by atoms with Gasteiger partial charge in [0, 0.05) is 38.8 Å². The van der Waals surface area contributed by atoms with Gasteiger partial charge in [-0.3, -0.25) is 5.09 Å². The normalized spacial score (nSPS) is 11.0. The molecule has 3 nitrogen and oxygen atoms in total. The predicted octanol–water partition coefficient (Wildman–Crippen LogP) is 16.2. The highest BCUT2D eigenvalue weighted by atomic mass is 35.9. The first-order chi connectivity index (χ1) is 33.4. The fourth-order valence-electron chi connectivity index (χ4n) is 6.22. The fourth-order valence-corrected chi connectivity index (χ4v) is 17.4. The Labute approximate surface area is 463 Å². The molecule has 0 fully saturated rings. The third kappa shape index (κ3) is 24.2. The molecule has 8 aromatic rings. The number of nitrogens with zero attached hydrogens (tertiary/aromatic N) is 1. The summed E-state index contributed by atoms with van der Waals surface area (Å²) >= 11 is 24.7. The molecular formula is C57H66Cl6N3P5. The Morgan fingerprint density at radius 3 is 0.845 bits per heavy atom. The number of nitrogens with two attached hydrogens (primary N) is 1. The Kier molecular flexibility index (Phi) is 34.0. The van der Waals surface area contributed by atoms with Crippen molar-refractivity contribution in [2.24, 2.45) is 5.73 Å². The van der Waals surface area contributed by atoms with E-state index in [1.807, 2.05) is 86.6 Å². The zero-order valence-electron chi connectivity index (χ0n) is 40.9. The number of hydrogen-bond donors (Lipinski definition) is 2.